The zero-order valence-corrected chi connectivity index (χ0v) is 9.75. The van der Waals surface area contributed by atoms with Crippen LogP contribution in [0.5, 0.6) is 0 Å². The first-order chi connectivity index (χ1) is 7.61. The second kappa shape index (κ2) is 3.97. The molecule has 0 bridgehead atoms. The van der Waals surface area contributed by atoms with Crippen molar-refractivity contribution >= 4 is 23.0 Å². The first-order valence-corrected chi connectivity index (χ1v) is 5.41. The van der Waals surface area contributed by atoms with E-state index in [4.69, 9.17) is 5.73 Å². The second-order valence-corrected chi connectivity index (χ2v) is 4.31. The molecular formula is C10H11N3O2S. The van der Waals surface area contributed by atoms with E-state index >= 15 is 0 Å². The molecule has 2 aromatic rings. The van der Waals surface area contributed by atoms with Crippen molar-refractivity contribution in [3.8, 4) is 10.6 Å². The second-order valence-electron chi connectivity index (χ2n) is 3.26. The number of methoxy groups -OCH3 is 1. The summed E-state index contributed by atoms with van der Waals surface area (Å²) < 4.78 is 6.33. The predicted molar refractivity (Wildman–Crippen MR) is 62.3 cm³/mol. The molecule has 0 atom stereocenters. The lowest BCUT2D eigenvalue weighted by Gasteiger charge is -1.94. The third-order valence-corrected chi connectivity index (χ3v) is 3.25. The summed E-state index contributed by atoms with van der Waals surface area (Å²) in [4.78, 5) is 12.6. The van der Waals surface area contributed by atoms with Crippen LogP contribution in [0.15, 0.2) is 18.3 Å². The highest BCUT2D eigenvalue weighted by Crippen LogP contribution is 2.32. The number of aromatic nitrogens is 2. The van der Waals surface area contributed by atoms with Crippen molar-refractivity contribution in [3.63, 3.8) is 0 Å². The molecule has 0 fully saturated rings. The largest absolute Gasteiger partial charge is 0.465 e. The van der Waals surface area contributed by atoms with Crippen LogP contribution >= 0.6 is 11.3 Å². The Labute approximate surface area is 96.4 Å². The SMILES string of the molecule is COC(=O)c1sc(-c2ccn(C)n2)cc1N. The highest BCUT2D eigenvalue weighted by Gasteiger charge is 2.16. The third kappa shape index (κ3) is 1.79. The number of aryl methyl sites for hydroxylation is 1. The van der Waals surface area contributed by atoms with E-state index in [1.165, 1.54) is 18.4 Å². The van der Waals surface area contributed by atoms with Crippen LogP contribution in [0.4, 0.5) is 5.69 Å². The number of anilines is 1. The Morgan fingerprint density at radius 2 is 2.38 bits per heavy atom. The quantitative estimate of drug-likeness (QED) is 0.804. The number of nitrogens with zero attached hydrogens (tertiary/aromatic N) is 2. The van der Waals surface area contributed by atoms with Crippen LogP contribution in [0.2, 0.25) is 0 Å². The summed E-state index contributed by atoms with van der Waals surface area (Å²) in [5.41, 5.74) is 6.97. The summed E-state index contributed by atoms with van der Waals surface area (Å²) in [5, 5.41) is 4.24. The van der Waals surface area contributed by atoms with Crippen molar-refractivity contribution in [2.24, 2.45) is 7.05 Å². The summed E-state index contributed by atoms with van der Waals surface area (Å²) in [5.74, 6) is -0.412. The molecule has 16 heavy (non-hydrogen) atoms. The minimum atomic E-state index is -0.412. The summed E-state index contributed by atoms with van der Waals surface area (Å²) in [6.45, 7) is 0. The molecule has 0 aliphatic carbocycles. The predicted octanol–water partition coefficient (Wildman–Crippen LogP) is 1.52. The number of carbonyl (C=O) groups excluding carboxylic acids is 1. The van der Waals surface area contributed by atoms with Gasteiger partial charge in [0.05, 0.1) is 17.7 Å². The minimum Gasteiger partial charge on any atom is -0.465 e. The Kier molecular flexibility index (Phi) is 2.66. The molecule has 5 nitrogen and oxygen atoms in total. The maximum Gasteiger partial charge on any atom is 0.350 e. The third-order valence-electron chi connectivity index (χ3n) is 2.10. The molecule has 0 unspecified atom stereocenters. The smallest absolute Gasteiger partial charge is 0.350 e. The molecule has 2 rings (SSSR count). The maximum absolute atomic E-state index is 11.4. The molecular weight excluding hydrogens is 226 g/mol. The normalized spacial score (nSPS) is 10.4. The van der Waals surface area contributed by atoms with Crippen LogP contribution in [-0.2, 0) is 11.8 Å². The average molecular weight is 237 g/mol. The van der Waals surface area contributed by atoms with Crippen molar-refractivity contribution in [2.45, 2.75) is 0 Å². The van der Waals surface area contributed by atoms with Crippen molar-refractivity contribution in [1.29, 1.82) is 0 Å². The summed E-state index contributed by atoms with van der Waals surface area (Å²) in [7, 11) is 3.17. The molecule has 0 saturated heterocycles. The van der Waals surface area contributed by atoms with E-state index in [1.54, 1.807) is 10.7 Å². The fourth-order valence-electron chi connectivity index (χ4n) is 1.33. The van der Waals surface area contributed by atoms with Gasteiger partial charge >= 0.3 is 5.97 Å². The van der Waals surface area contributed by atoms with Crippen LogP contribution in [0, 0.1) is 0 Å². The van der Waals surface area contributed by atoms with E-state index in [9.17, 15) is 4.79 Å². The van der Waals surface area contributed by atoms with Crippen LogP contribution in [0.1, 0.15) is 9.67 Å². The molecule has 0 aliphatic heterocycles. The lowest BCUT2D eigenvalue weighted by Crippen LogP contribution is -2.00. The molecule has 0 saturated carbocycles. The Morgan fingerprint density at radius 1 is 1.62 bits per heavy atom. The molecule has 0 amide bonds. The van der Waals surface area contributed by atoms with Gasteiger partial charge in [-0.05, 0) is 12.1 Å². The van der Waals surface area contributed by atoms with E-state index in [-0.39, 0.29) is 0 Å². The van der Waals surface area contributed by atoms with E-state index < -0.39 is 5.97 Å². The number of thiophene rings is 1. The first kappa shape index (κ1) is 10.7. The Bertz CT molecular complexity index is 530. The van der Waals surface area contributed by atoms with Crippen molar-refractivity contribution in [1.82, 2.24) is 9.78 Å². The first-order valence-electron chi connectivity index (χ1n) is 4.59. The Morgan fingerprint density at radius 3 is 2.94 bits per heavy atom. The zero-order valence-electron chi connectivity index (χ0n) is 8.93. The number of hydrogen-bond acceptors (Lipinski definition) is 5. The lowest BCUT2D eigenvalue weighted by atomic mass is 10.3. The molecule has 0 aromatic carbocycles. The minimum absolute atomic E-state index is 0.412. The maximum atomic E-state index is 11.4. The molecule has 84 valence electrons. The molecule has 2 N–H and O–H groups in total. The number of nitrogens with two attached hydrogens (primary N) is 1. The fraction of sp³-hybridized carbons (Fsp3) is 0.200. The number of esters is 1. The van der Waals surface area contributed by atoms with Crippen molar-refractivity contribution in [3.05, 3.63) is 23.2 Å². The van der Waals surface area contributed by atoms with Gasteiger partial charge < -0.3 is 10.5 Å². The van der Waals surface area contributed by atoms with E-state index in [1.807, 2.05) is 19.3 Å². The average Bonchev–Trinajstić information content (AvgIpc) is 2.83. The van der Waals surface area contributed by atoms with Crippen LogP contribution in [-0.4, -0.2) is 22.9 Å². The van der Waals surface area contributed by atoms with Gasteiger partial charge in [0.1, 0.15) is 10.6 Å². The summed E-state index contributed by atoms with van der Waals surface area (Å²) in [6.07, 6.45) is 1.84. The van der Waals surface area contributed by atoms with E-state index in [2.05, 4.69) is 9.84 Å². The van der Waals surface area contributed by atoms with Gasteiger partial charge in [0, 0.05) is 13.2 Å². The lowest BCUT2D eigenvalue weighted by molar-refractivity contribution is 0.0607. The van der Waals surface area contributed by atoms with Gasteiger partial charge in [-0.1, -0.05) is 0 Å². The number of ether oxygens (including phenoxy) is 1. The highest BCUT2D eigenvalue weighted by atomic mass is 32.1. The van der Waals surface area contributed by atoms with Crippen molar-refractivity contribution < 1.29 is 9.53 Å². The van der Waals surface area contributed by atoms with Gasteiger partial charge in [-0.25, -0.2) is 4.79 Å². The van der Waals surface area contributed by atoms with Gasteiger partial charge in [-0.2, -0.15) is 5.10 Å². The summed E-state index contributed by atoms with van der Waals surface area (Å²) in [6, 6.07) is 3.60. The standard InChI is InChI=1S/C10H11N3O2S/c1-13-4-3-7(12-13)8-5-6(11)9(16-8)10(14)15-2/h3-5H,11H2,1-2H3. The Hall–Kier alpha value is -1.82. The molecule has 0 aliphatic rings. The van der Waals surface area contributed by atoms with Crippen LogP contribution in [0.25, 0.3) is 10.6 Å². The molecule has 0 radical (unpaired) electrons. The molecule has 2 heterocycles. The zero-order chi connectivity index (χ0) is 11.7. The van der Waals surface area contributed by atoms with Gasteiger partial charge in [-0.3, -0.25) is 4.68 Å². The van der Waals surface area contributed by atoms with Crippen molar-refractivity contribution in [2.75, 3.05) is 12.8 Å². The fourth-order valence-corrected chi connectivity index (χ4v) is 2.29. The molecule has 6 heteroatoms. The van der Waals surface area contributed by atoms with Gasteiger partial charge in [0.15, 0.2) is 0 Å². The molecule has 2 aromatic heterocycles. The highest BCUT2D eigenvalue weighted by molar-refractivity contribution is 7.17. The van der Waals surface area contributed by atoms with E-state index in [0.717, 1.165) is 10.6 Å². The topological polar surface area (TPSA) is 70.1 Å². The van der Waals surface area contributed by atoms with E-state index in [0.29, 0.717) is 10.6 Å². The number of nitrogen functional groups attached to an aromatic ring is 1. The van der Waals surface area contributed by atoms with Crippen LogP contribution < -0.4 is 5.73 Å². The van der Waals surface area contributed by atoms with Crippen LogP contribution in [0.3, 0.4) is 0 Å². The monoisotopic (exact) mass is 237 g/mol. The molecule has 0 spiro atoms. The van der Waals surface area contributed by atoms with Gasteiger partial charge in [0.2, 0.25) is 0 Å². The number of carbonyl (C=O) groups is 1. The summed E-state index contributed by atoms with van der Waals surface area (Å²) >= 11 is 1.28. The van der Waals surface area contributed by atoms with Gasteiger partial charge in [0.25, 0.3) is 0 Å². The number of rotatable bonds is 2. The Balaban J connectivity index is 2.41. The van der Waals surface area contributed by atoms with Gasteiger partial charge in [-0.15, -0.1) is 11.3 Å². The number of hydrogen-bond donors (Lipinski definition) is 1.